The quantitative estimate of drug-likeness (QED) is 0.865. The summed E-state index contributed by atoms with van der Waals surface area (Å²) in [5.41, 5.74) is 2.95. The van der Waals surface area contributed by atoms with Gasteiger partial charge in [0.1, 0.15) is 0 Å². The Morgan fingerprint density at radius 1 is 1.15 bits per heavy atom. The molecule has 1 aliphatic carbocycles. The Morgan fingerprint density at radius 3 is 2.45 bits per heavy atom. The summed E-state index contributed by atoms with van der Waals surface area (Å²) in [7, 11) is 2.24. The van der Waals surface area contributed by atoms with Gasteiger partial charge in [-0.25, -0.2) is 0 Å². The summed E-state index contributed by atoms with van der Waals surface area (Å²) < 4.78 is 0. The van der Waals surface area contributed by atoms with Crippen molar-refractivity contribution in [3.63, 3.8) is 0 Å². The fourth-order valence-electron chi connectivity index (χ4n) is 3.07. The minimum absolute atomic E-state index is 0.164. The number of hydrogen-bond acceptors (Lipinski definition) is 2. The van der Waals surface area contributed by atoms with Crippen LogP contribution < -0.4 is 10.2 Å². The molecule has 1 fully saturated rings. The third-order valence-electron chi connectivity index (χ3n) is 4.22. The molecule has 0 atom stereocenters. The minimum Gasteiger partial charge on any atom is -0.374 e. The van der Waals surface area contributed by atoms with E-state index in [1.165, 1.54) is 43.5 Å². The van der Waals surface area contributed by atoms with Gasteiger partial charge in [-0.05, 0) is 51.2 Å². The first-order valence-electron chi connectivity index (χ1n) is 8.00. The Hall–Kier alpha value is -1.02. The smallest absolute Gasteiger partial charge is 0.0409 e. The van der Waals surface area contributed by atoms with E-state index in [1.807, 2.05) is 0 Å². The van der Waals surface area contributed by atoms with E-state index in [0.29, 0.717) is 0 Å². The molecule has 1 aromatic rings. The molecule has 2 rings (SSSR count). The van der Waals surface area contributed by atoms with E-state index in [4.69, 9.17) is 0 Å². The topological polar surface area (TPSA) is 15.3 Å². The Morgan fingerprint density at radius 2 is 1.80 bits per heavy atom. The van der Waals surface area contributed by atoms with Crippen molar-refractivity contribution in [1.82, 2.24) is 5.32 Å². The standard InChI is InChI=1S/C18H30N2/c1-18(2,3)19-13-16-11-7-8-12-17(16)20(4)14-15-9-5-6-10-15/h7-8,11-12,15,19H,5-6,9-10,13-14H2,1-4H3. The van der Waals surface area contributed by atoms with Crippen molar-refractivity contribution in [3.8, 4) is 0 Å². The summed E-state index contributed by atoms with van der Waals surface area (Å²) in [5, 5.41) is 3.60. The molecule has 0 saturated heterocycles. The molecule has 1 N–H and O–H groups in total. The Balaban J connectivity index is 2.02. The fourth-order valence-corrected chi connectivity index (χ4v) is 3.07. The van der Waals surface area contributed by atoms with E-state index < -0.39 is 0 Å². The van der Waals surface area contributed by atoms with E-state index in [9.17, 15) is 0 Å². The van der Waals surface area contributed by atoms with E-state index in [2.05, 4.69) is 62.3 Å². The molecule has 0 spiro atoms. The lowest BCUT2D eigenvalue weighted by molar-refractivity contribution is 0.424. The van der Waals surface area contributed by atoms with E-state index in [1.54, 1.807) is 0 Å². The second kappa shape index (κ2) is 6.62. The minimum atomic E-state index is 0.164. The van der Waals surface area contributed by atoms with Crippen LogP contribution in [-0.2, 0) is 6.54 Å². The van der Waals surface area contributed by atoms with Gasteiger partial charge in [0, 0.05) is 31.4 Å². The van der Waals surface area contributed by atoms with Crippen LogP contribution in [0.5, 0.6) is 0 Å². The lowest BCUT2D eigenvalue weighted by atomic mass is 10.1. The molecular weight excluding hydrogens is 244 g/mol. The lowest BCUT2D eigenvalue weighted by Crippen LogP contribution is -2.35. The van der Waals surface area contributed by atoms with E-state index >= 15 is 0 Å². The Kier molecular flexibility index (Phi) is 5.09. The van der Waals surface area contributed by atoms with Crippen molar-refractivity contribution in [2.45, 2.75) is 58.5 Å². The third kappa shape index (κ3) is 4.52. The molecule has 0 aromatic heterocycles. The van der Waals surface area contributed by atoms with Crippen LogP contribution in [0.15, 0.2) is 24.3 Å². The highest BCUT2D eigenvalue weighted by molar-refractivity contribution is 5.53. The maximum absolute atomic E-state index is 3.60. The summed E-state index contributed by atoms with van der Waals surface area (Å²) in [6.07, 6.45) is 5.66. The summed E-state index contributed by atoms with van der Waals surface area (Å²) in [4.78, 5) is 2.45. The van der Waals surface area contributed by atoms with Crippen molar-refractivity contribution < 1.29 is 0 Å². The Labute approximate surface area is 124 Å². The van der Waals surface area contributed by atoms with Gasteiger partial charge in [-0.3, -0.25) is 0 Å². The summed E-state index contributed by atoms with van der Waals surface area (Å²) >= 11 is 0. The van der Waals surface area contributed by atoms with Gasteiger partial charge in [-0.1, -0.05) is 31.0 Å². The number of hydrogen-bond donors (Lipinski definition) is 1. The molecule has 1 aliphatic rings. The average molecular weight is 274 g/mol. The lowest BCUT2D eigenvalue weighted by Gasteiger charge is -2.27. The molecule has 0 heterocycles. The molecule has 0 bridgehead atoms. The molecule has 112 valence electrons. The van der Waals surface area contributed by atoms with Crippen molar-refractivity contribution in [2.24, 2.45) is 5.92 Å². The maximum Gasteiger partial charge on any atom is 0.0409 e. The zero-order valence-electron chi connectivity index (χ0n) is 13.6. The first-order valence-corrected chi connectivity index (χ1v) is 8.00. The predicted molar refractivity (Wildman–Crippen MR) is 88.3 cm³/mol. The van der Waals surface area contributed by atoms with Gasteiger partial charge >= 0.3 is 0 Å². The number of benzene rings is 1. The molecule has 2 nitrogen and oxygen atoms in total. The van der Waals surface area contributed by atoms with Crippen LogP contribution >= 0.6 is 0 Å². The van der Waals surface area contributed by atoms with Crippen LogP contribution in [0.25, 0.3) is 0 Å². The highest BCUT2D eigenvalue weighted by atomic mass is 15.1. The van der Waals surface area contributed by atoms with Crippen LogP contribution in [0.4, 0.5) is 5.69 Å². The molecule has 2 heteroatoms. The zero-order valence-corrected chi connectivity index (χ0v) is 13.6. The fraction of sp³-hybridized carbons (Fsp3) is 0.667. The maximum atomic E-state index is 3.60. The van der Waals surface area contributed by atoms with Crippen molar-refractivity contribution in [1.29, 1.82) is 0 Å². The van der Waals surface area contributed by atoms with Crippen LogP contribution in [0.3, 0.4) is 0 Å². The van der Waals surface area contributed by atoms with Gasteiger partial charge in [0.25, 0.3) is 0 Å². The molecule has 0 unspecified atom stereocenters. The number of nitrogens with one attached hydrogen (secondary N) is 1. The first kappa shape index (κ1) is 15.4. The van der Waals surface area contributed by atoms with Gasteiger partial charge in [0.05, 0.1) is 0 Å². The molecular formula is C18H30N2. The van der Waals surface area contributed by atoms with Gasteiger partial charge in [0.2, 0.25) is 0 Å². The van der Waals surface area contributed by atoms with Crippen LogP contribution in [0.2, 0.25) is 0 Å². The Bertz CT molecular complexity index is 414. The van der Waals surface area contributed by atoms with E-state index in [0.717, 1.165) is 12.5 Å². The number of rotatable bonds is 5. The molecule has 0 radical (unpaired) electrons. The monoisotopic (exact) mass is 274 g/mol. The number of para-hydroxylation sites is 1. The molecule has 0 aliphatic heterocycles. The predicted octanol–water partition coefficient (Wildman–Crippen LogP) is 4.20. The highest BCUT2D eigenvalue weighted by Crippen LogP contribution is 2.28. The summed E-state index contributed by atoms with van der Waals surface area (Å²) in [5.74, 6) is 0.892. The zero-order chi connectivity index (χ0) is 14.6. The number of nitrogens with zero attached hydrogens (tertiary/aromatic N) is 1. The SMILES string of the molecule is CN(CC1CCCC1)c1ccccc1CNC(C)(C)C. The van der Waals surface area contributed by atoms with Gasteiger partial charge in [-0.2, -0.15) is 0 Å². The van der Waals surface area contributed by atoms with Gasteiger partial charge in [0.15, 0.2) is 0 Å². The first-order chi connectivity index (χ1) is 9.46. The largest absolute Gasteiger partial charge is 0.374 e. The number of anilines is 1. The van der Waals surface area contributed by atoms with Gasteiger partial charge in [-0.15, -0.1) is 0 Å². The van der Waals surface area contributed by atoms with Crippen molar-refractivity contribution in [2.75, 3.05) is 18.5 Å². The molecule has 1 saturated carbocycles. The second-order valence-electron chi connectivity index (χ2n) is 7.26. The molecule has 20 heavy (non-hydrogen) atoms. The normalized spacial score (nSPS) is 16.6. The molecule has 0 amide bonds. The molecule has 1 aromatic carbocycles. The van der Waals surface area contributed by atoms with E-state index in [-0.39, 0.29) is 5.54 Å². The average Bonchev–Trinajstić information content (AvgIpc) is 2.88. The highest BCUT2D eigenvalue weighted by Gasteiger charge is 2.18. The van der Waals surface area contributed by atoms with Crippen molar-refractivity contribution in [3.05, 3.63) is 29.8 Å². The second-order valence-corrected chi connectivity index (χ2v) is 7.26. The van der Waals surface area contributed by atoms with Gasteiger partial charge < -0.3 is 10.2 Å². The summed E-state index contributed by atoms with van der Waals surface area (Å²) in [6, 6.07) is 8.81. The van der Waals surface area contributed by atoms with Crippen molar-refractivity contribution >= 4 is 5.69 Å². The van der Waals surface area contributed by atoms with Crippen LogP contribution in [0.1, 0.15) is 52.0 Å². The van der Waals surface area contributed by atoms with Crippen LogP contribution in [0, 0.1) is 5.92 Å². The van der Waals surface area contributed by atoms with Crippen LogP contribution in [-0.4, -0.2) is 19.1 Å². The summed E-state index contributed by atoms with van der Waals surface area (Å²) in [6.45, 7) is 8.80. The third-order valence-corrected chi connectivity index (χ3v) is 4.22.